The molecule has 40 heavy (non-hydrogen) atoms. The number of para-hydroxylation sites is 1. The molecular formula is C33H34N4O3. The largest absolute Gasteiger partial charge is 0.459 e. The van der Waals surface area contributed by atoms with Crippen LogP contribution in [-0.4, -0.2) is 53.8 Å². The maximum absolute atomic E-state index is 13.9. The number of rotatable bonds is 11. The van der Waals surface area contributed by atoms with Crippen LogP contribution >= 0.6 is 0 Å². The Hall–Kier alpha value is -4.78. The zero-order valence-electron chi connectivity index (χ0n) is 22.9. The van der Waals surface area contributed by atoms with E-state index in [2.05, 4.69) is 41.4 Å². The Bertz CT molecular complexity index is 1540. The van der Waals surface area contributed by atoms with E-state index >= 15 is 0 Å². The van der Waals surface area contributed by atoms with Crippen LogP contribution in [0.2, 0.25) is 0 Å². The number of nitrogens with one attached hydrogen (secondary N) is 1. The Kier molecular flexibility index (Phi) is 8.30. The van der Waals surface area contributed by atoms with Gasteiger partial charge in [-0.15, -0.1) is 0 Å². The average molecular weight is 535 g/mol. The van der Waals surface area contributed by atoms with Gasteiger partial charge in [0.05, 0.1) is 6.26 Å². The van der Waals surface area contributed by atoms with Crippen molar-refractivity contribution in [3.63, 3.8) is 0 Å². The molecule has 0 aliphatic rings. The first-order chi connectivity index (χ1) is 19.5. The summed E-state index contributed by atoms with van der Waals surface area (Å²) in [5.74, 6) is -0.213. The number of H-pyrrole nitrogens is 1. The third kappa shape index (κ3) is 6.43. The molecule has 0 aliphatic carbocycles. The summed E-state index contributed by atoms with van der Waals surface area (Å²) in [4.78, 5) is 36.1. The minimum absolute atomic E-state index is 0.0574. The summed E-state index contributed by atoms with van der Waals surface area (Å²) in [5.41, 5.74) is 5.31. The highest BCUT2D eigenvalue weighted by Crippen LogP contribution is 2.20. The molecule has 0 aliphatic heterocycles. The first-order valence-corrected chi connectivity index (χ1v) is 13.4. The molecule has 2 aromatic heterocycles. The molecule has 0 atom stereocenters. The predicted octanol–water partition coefficient (Wildman–Crippen LogP) is 5.74. The SMILES string of the molecule is CN(C)c1ccc(CN(CCc2c[nH]c3ccccc23)C(=O)CN(Cc2ccccc2)C(=O)c2ccco2)cc1. The highest BCUT2D eigenvalue weighted by atomic mass is 16.3. The van der Waals surface area contributed by atoms with Gasteiger partial charge in [0.2, 0.25) is 5.91 Å². The Morgan fingerprint density at radius 2 is 1.48 bits per heavy atom. The fraction of sp³-hybridized carbons (Fsp3) is 0.212. The van der Waals surface area contributed by atoms with Crippen molar-refractivity contribution in [1.82, 2.24) is 14.8 Å². The number of aromatic nitrogens is 1. The maximum Gasteiger partial charge on any atom is 0.290 e. The topological polar surface area (TPSA) is 72.8 Å². The standard InChI is InChI=1S/C33H34N4O3/c1-35(2)28-16-14-26(15-17-28)22-36(19-18-27-21-34-30-12-7-6-11-29(27)30)32(38)24-37(23-25-9-4-3-5-10-25)33(39)31-13-8-20-40-31/h3-17,20-21,34H,18-19,22-24H2,1-2H3. The molecule has 3 aromatic carbocycles. The summed E-state index contributed by atoms with van der Waals surface area (Å²) >= 11 is 0. The lowest BCUT2D eigenvalue weighted by atomic mass is 10.1. The first-order valence-electron chi connectivity index (χ1n) is 13.4. The van der Waals surface area contributed by atoms with Gasteiger partial charge in [0, 0.05) is 56.5 Å². The van der Waals surface area contributed by atoms with Crippen LogP contribution in [0.1, 0.15) is 27.2 Å². The van der Waals surface area contributed by atoms with Crippen molar-refractivity contribution in [1.29, 1.82) is 0 Å². The van der Waals surface area contributed by atoms with Gasteiger partial charge in [-0.1, -0.05) is 60.7 Å². The summed E-state index contributed by atoms with van der Waals surface area (Å²) < 4.78 is 5.40. The van der Waals surface area contributed by atoms with Crippen molar-refractivity contribution in [3.05, 3.63) is 126 Å². The average Bonchev–Trinajstić information content (AvgIpc) is 3.66. The molecule has 0 saturated heterocycles. The number of furan rings is 1. The number of hydrogen-bond acceptors (Lipinski definition) is 4. The zero-order chi connectivity index (χ0) is 27.9. The third-order valence-corrected chi connectivity index (χ3v) is 7.07. The van der Waals surface area contributed by atoms with Crippen molar-refractivity contribution in [2.45, 2.75) is 19.5 Å². The monoisotopic (exact) mass is 534 g/mol. The minimum atomic E-state index is -0.311. The number of carbonyl (C=O) groups is 2. The van der Waals surface area contributed by atoms with Crippen molar-refractivity contribution >= 4 is 28.4 Å². The van der Waals surface area contributed by atoms with E-state index in [9.17, 15) is 9.59 Å². The molecule has 0 fully saturated rings. The second-order valence-electron chi connectivity index (χ2n) is 10.1. The molecule has 0 saturated carbocycles. The predicted molar refractivity (Wildman–Crippen MR) is 158 cm³/mol. The molecule has 5 rings (SSSR count). The van der Waals surface area contributed by atoms with Crippen LogP contribution in [0.5, 0.6) is 0 Å². The summed E-state index contributed by atoms with van der Waals surface area (Å²) in [6.45, 7) is 1.21. The smallest absolute Gasteiger partial charge is 0.290 e. The van der Waals surface area contributed by atoms with Crippen molar-refractivity contribution in [2.24, 2.45) is 0 Å². The van der Waals surface area contributed by atoms with E-state index in [0.717, 1.165) is 33.3 Å². The molecule has 2 heterocycles. The number of hydrogen-bond donors (Lipinski definition) is 1. The molecule has 0 radical (unpaired) electrons. The molecule has 7 heteroatoms. The number of fused-ring (bicyclic) bond motifs is 1. The van der Waals surface area contributed by atoms with Gasteiger partial charge >= 0.3 is 0 Å². The van der Waals surface area contributed by atoms with Gasteiger partial charge in [-0.05, 0) is 53.4 Å². The second kappa shape index (κ2) is 12.4. The lowest BCUT2D eigenvalue weighted by Gasteiger charge is -2.28. The number of aromatic amines is 1. The molecule has 1 N–H and O–H groups in total. The lowest BCUT2D eigenvalue weighted by molar-refractivity contribution is -0.132. The van der Waals surface area contributed by atoms with E-state index in [1.807, 2.05) is 72.6 Å². The zero-order valence-corrected chi connectivity index (χ0v) is 22.9. The quantitative estimate of drug-likeness (QED) is 0.235. The number of nitrogens with zero attached hydrogens (tertiary/aromatic N) is 3. The molecule has 5 aromatic rings. The van der Waals surface area contributed by atoms with E-state index in [4.69, 9.17) is 4.42 Å². The molecule has 2 amide bonds. The normalized spacial score (nSPS) is 10.9. The van der Waals surface area contributed by atoms with Gasteiger partial charge < -0.3 is 24.1 Å². The molecule has 0 bridgehead atoms. The summed E-state index contributed by atoms with van der Waals surface area (Å²) in [6, 6.07) is 29.4. The highest BCUT2D eigenvalue weighted by molar-refractivity contribution is 5.94. The van der Waals surface area contributed by atoms with Crippen LogP contribution in [0.15, 0.2) is 108 Å². The van der Waals surface area contributed by atoms with Crippen molar-refractivity contribution < 1.29 is 14.0 Å². The van der Waals surface area contributed by atoms with E-state index in [0.29, 0.717) is 26.1 Å². The van der Waals surface area contributed by atoms with Crippen LogP contribution in [0, 0.1) is 0 Å². The van der Waals surface area contributed by atoms with Crippen LogP contribution in [0.3, 0.4) is 0 Å². The Labute approximate surface area is 234 Å². The van der Waals surface area contributed by atoms with Gasteiger partial charge in [0.15, 0.2) is 5.76 Å². The number of amides is 2. The number of carbonyl (C=O) groups excluding carboxylic acids is 2. The van der Waals surface area contributed by atoms with E-state index in [1.54, 1.807) is 17.0 Å². The van der Waals surface area contributed by atoms with Gasteiger partial charge in [0.25, 0.3) is 5.91 Å². The van der Waals surface area contributed by atoms with Gasteiger partial charge in [-0.3, -0.25) is 9.59 Å². The van der Waals surface area contributed by atoms with Crippen molar-refractivity contribution in [2.75, 3.05) is 32.1 Å². The van der Waals surface area contributed by atoms with E-state index in [1.165, 1.54) is 6.26 Å². The Morgan fingerprint density at radius 3 is 2.20 bits per heavy atom. The molecule has 204 valence electrons. The van der Waals surface area contributed by atoms with E-state index in [-0.39, 0.29) is 24.1 Å². The lowest BCUT2D eigenvalue weighted by Crippen LogP contribution is -2.43. The second-order valence-corrected chi connectivity index (χ2v) is 10.1. The van der Waals surface area contributed by atoms with Crippen LogP contribution in [0.4, 0.5) is 5.69 Å². The van der Waals surface area contributed by atoms with Crippen LogP contribution in [0.25, 0.3) is 10.9 Å². The number of anilines is 1. The maximum atomic E-state index is 13.9. The van der Waals surface area contributed by atoms with Gasteiger partial charge in [-0.2, -0.15) is 0 Å². The first kappa shape index (κ1) is 26.8. The minimum Gasteiger partial charge on any atom is -0.459 e. The summed E-state index contributed by atoms with van der Waals surface area (Å²) in [6.07, 6.45) is 4.18. The molecule has 7 nitrogen and oxygen atoms in total. The van der Waals surface area contributed by atoms with Crippen molar-refractivity contribution in [3.8, 4) is 0 Å². The van der Waals surface area contributed by atoms with Gasteiger partial charge in [-0.25, -0.2) is 0 Å². The summed E-state index contributed by atoms with van der Waals surface area (Å²) in [7, 11) is 4.01. The molecule has 0 spiro atoms. The fourth-order valence-electron chi connectivity index (χ4n) is 4.83. The van der Waals surface area contributed by atoms with E-state index < -0.39 is 0 Å². The van der Waals surface area contributed by atoms with Crippen LogP contribution < -0.4 is 4.90 Å². The van der Waals surface area contributed by atoms with Gasteiger partial charge in [0.1, 0.15) is 6.54 Å². The fourth-order valence-corrected chi connectivity index (χ4v) is 4.83. The Balaban J connectivity index is 1.38. The molecule has 0 unspecified atom stereocenters. The molecular weight excluding hydrogens is 500 g/mol. The number of benzene rings is 3. The summed E-state index contributed by atoms with van der Waals surface area (Å²) in [5, 5.41) is 1.16. The van der Waals surface area contributed by atoms with Crippen LogP contribution in [-0.2, 0) is 24.3 Å². The third-order valence-electron chi connectivity index (χ3n) is 7.07. The highest BCUT2D eigenvalue weighted by Gasteiger charge is 2.24. The Morgan fingerprint density at radius 1 is 0.775 bits per heavy atom.